The lowest BCUT2D eigenvalue weighted by Crippen LogP contribution is -2.28. The number of benzene rings is 1. The summed E-state index contributed by atoms with van der Waals surface area (Å²) in [6.45, 7) is 0.497. The zero-order chi connectivity index (χ0) is 14.1. The number of nitrogens with zero attached hydrogens (tertiary/aromatic N) is 1. The molecule has 0 atom stereocenters. The Bertz CT molecular complexity index is 733. The highest BCUT2D eigenvalue weighted by Gasteiger charge is 2.20. The maximum Gasteiger partial charge on any atom is 0.251 e. The van der Waals surface area contributed by atoms with Gasteiger partial charge in [-0.3, -0.25) is 9.59 Å². The van der Waals surface area contributed by atoms with Crippen LogP contribution < -0.4 is 5.56 Å². The number of Topliss-reactive ketones (excluding diaryl/α,β-unsaturated/α-hetero) is 1. The van der Waals surface area contributed by atoms with Crippen molar-refractivity contribution in [2.75, 3.05) is 0 Å². The maximum atomic E-state index is 12.1. The summed E-state index contributed by atoms with van der Waals surface area (Å²) >= 11 is 3.50. The minimum atomic E-state index is -0.0470. The first kappa shape index (κ1) is 13.3. The lowest BCUT2D eigenvalue weighted by molar-refractivity contribution is 0.0970. The number of carbonyl (C=O) groups excluding carboxylic acids is 1. The summed E-state index contributed by atoms with van der Waals surface area (Å²) in [4.78, 5) is 24.1. The fourth-order valence-corrected chi connectivity index (χ4v) is 3.07. The van der Waals surface area contributed by atoms with Gasteiger partial charge in [-0.2, -0.15) is 0 Å². The molecule has 20 heavy (non-hydrogen) atoms. The Kier molecular flexibility index (Phi) is 3.57. The van der Waals surface area contributed by atoms with Crippen molar-refractivity contribution in [1.29, 1.82) is 0 Å². The van der Waals surface area contributed by atoms with Crippen LogP contribution in [0.25, 0.3) is 0 Å². The number of pyridine rings is 1. The minimum absolute atomic E-state index is 0.0470. The van der Waals surface area contributed by atoms with Crippen LogP contribution in [0.4, 0.5) is 0 Å². The van der Waals surface area contributed by atoms with Gasteiger partial charge < -0.3 is 4.57 Å². The quantitative estimate of drug-likeness (QED) is 0.847. The highest BCUT2D eigenvalue weighted by atomic mass is 79.9. The lowest BCUT2D eigenvalue weighted by atomic mass is 9.94. The van der Waals surface area contributed by atoms with Gasteiger partial charge in [-0.05, 0) is 30.5 Å². The molecule has 1 aliphatic rings. The molecule has 2 aromatic rings. The summed E-state index contributed by atoms with van der Waals surface area (Å²) in [5.74, 6) is 0.145. The van der Waals surface area contributed by atoms with Crippen molar-refractivity contribution in [3.63, 3.8) is 0 Å². The van der Waals surface area contributed by atoms with Crippen molar-refractivity contribution < 1.29 is 4.79 Å². The van der Waals surface area contributed by atoms with Gasteiger partial charge in [0.05, 0.1) is 6.54 Å². The Balaban J connectivity index is 2.10. The molecular formula is C16H14BrNO2. The predicted octanol–water partition coefficient (Wildman–Crippen LogP) is 3.18. The summed E-state index contributed by atoms with van der Waals surface area (Å²) < 4.78 is 2.71. The second kappa shape index (κ2) is 5.37. The molecule has 0 saturated heterocycles. The van der Waals surface area contributed by atoms with Crippen molar-refractivity contribution in [3.05, 3.63) is 68.0 Å². The molecule has 1 aliphatic carbocycles. The standard InChI is InChI=1S/C16H14BrNO2/c17-13-5-2-1-4-11(13)10-18-14-6-3-7-15(19)12(14)8-9-16(18)20/h1-2,4-5,8-9H,3,6-7,10H2. The molecule has 102 valence electrons. The van der Waals surface area contributed by atoms with Crippen LogP contribution in [0.3, 0.4) is 0 Å². The molecule has 3 rings (SSSR count). The molecule has 1 heterocycles. The van der Waals surface area contributed by atoms with E-state index < -0.39 is 0 Å². The number of hydrogen-bond donors (Lipinski definition) is 0. The van der Waals surface area contributed by atoms with Crippen LogP contribution in [0.15, 0.2) is 45.7 Å². The number of hydrogen-bond acceptors (Lipinski definition) is 2. The van der Waals surface area contributed by atoms with Gasteiger partial charge in [0, 0.05) is 28.2 Å². The zero-order valence-corrected chi connectivity index (χ0v) is 12.5. The summed E-state index contributed by atoms with van der Waals surface area (Å²) in [5.41, 5.74) is 2.59. The van der Waals surface area contributed by atoms with E-state index in [0.717, 1.165) is 28.6 Å². The minimum Gasteiger partial charge on any atom is -0.307 e. The van der Waals surface area contributed by atoms with Gasteiger partial charge in [-0.15, -0.1) is 0 Å². The fourth-order valence-electron chi connectivity index (χ4n) is 2.66. The van der Waals surface area contributed by atoms with Gasteiger partial charge in [0.2, 0.25) is 0 Å². The topological polar surface area (TPSA) is 39.1 Å². The van der Waals surface area contributed by atoms with Crippen LogP contribution >= 0.6 is 15.9 Å². The average molecular weight is 332 g/mol. The molecule has 0 radical (unpaired) electrons. The Morgan fingerprint density at radius 2 is 1.85 bits per heavy atom. The number of halogens is 1. The number of aromatic nitrogens is 1. The molecule has 0 saturated carbocycles. The highest BCUT2D eigenvalue weighted by Crippen LogP contribution is 2.22. The van der Waals surface area contributed by atoms with E-state index in [1.165, 1.54) is 6.07 Å². The number of rotatable bonds is 2. The third-order valence-electron chi connectivity index (χ3n) is 3.70. The highest BCUT2D eigenvalue weighted by molar-refractivity contribution is 9.10. The first-order chi connectivity index (χ1) is 9.66. The summed E-state index contributed by atoms with van der Waals surface area (Å²) in [6.07, 6.45) is 2.20. The van der Waals surface area contributed by atoms with E-state index in [1.54, 1.807) is 10.6 Å². The van der Waals surface area contributed by atoms with E-state index in [0.29, 0.717) is 18.5 Å². The van der Waals surface area contributed by atoms with E-state index in [9.17, 15) is 9.59 Å². The second-order valence-electron chi connectivity index (χ2n) is 4.99. The lowest BCUT2D eigenvalue weighted by Gasteiger charge is -2.20. The summed E-state index contributed by atoms with van der Waals surface area (Å²) in [7, 11) is 0. The second-order valence-corrected chi connectivity index (χ2v) is 5.84. The molecular weight excluding hydrogens is 318 g/mol. The normalized spacial score (nSPS) is 14.2. The van der Waals surface area contributed by atoms with Gasteiger partial charge in [-0.1, -0.05) is 34.1 Å². The third kappa shape index (κ3) is 2.36. The van der Waals surface area contributed by atoms with Crippen LogP contribution in [0.5, 0.6) is 0 Å². The third-order valence-corrected chi connectivity index (χ3v) is 4.47. The molecule has 1 aromatic carbocycles. The smallest absolute Gasteiger partial charge is 0.251 e. The van der Waals surface area contributed by atoms with E-state index in [-0.39, 0.29) is 11.3 Å². The molecule has 0 bridgehead atoms. The number of fused-ring (bicyclic) bond motifs is 1. The van der Waals surface area contributed by atoms with E-state index in [2.05, 4.69) is 15.9 Å². The molecule has 4 heteroatoms. The summed E-state index contributed by atoms with van der Waals surface area (Å²) in [5, 5.41) is 0. The molecule has 0 fully saturated rings. The van der Waals surface area contributed by atoms with Crippen LogP contribution in [-0.2, 0) is 13.0 Å². The Hall–Kier alpha value is -1.68. The van der Waals surface area contributed by atoms with Gasteiger partial charge >= 0.3 is 0 Å². The zero-order valence-electron chi connectivity index (χ0n) is 10.9. The molecule has 0 amide bonds. The van der Waals surface area contributed by atoms with Crippen molar-refractivity contribution in [2.45, 2.75) is 25.8 Å². The Labute approximate surface area is 125 Å². The van der Waals surface area contributed by atoms with Crippen molar-refractivity contribution in [2.24, 2.45) is 0 Å². The molecule has 0 spiro atoms. The van der Waals surface area contributed by atoms with Crippen LogP contribution in [0.2, 0.25) is 0 Å². The first-order valence-electron chi connectivity index (χ1n) is 6.66. The summed E-state index contributed by atoms with van der Waals surface area (Å²) in [6, 6.07) is 11.0. The van der Waals surface area contributed by atoms with Gasteiger partial charge in [0.15, 0.2) is 5.78 Å². The molecule has 0 aliphatic heterocycles. The number of ketones is 1. The average Bonchev–Trinajstić information content (AvgIpc) is 2.44. The van der Waals surface area contributed by atoms with Gasteiger partial charge in [0.25, 0.3) is 5.56 Å². The van der Waals surface area contributed by atoms with Crippen LogP contribution in [-0.4, -0.2) is 10.4 Å². The molecule has 1 aromatic heterocycles. The van der Waals surface area contributed by atoms with Crippen molar-refractivity contribution >= 4 is 21.7 Å². The number of carbonyl (C=O) groups is 1. The van der Waals surface area contributed by atoms with Crippen LogP contribution in [0, 0.1) is 0 Å². The molecule has 3 nitrogen and oxygen atoms in total. The monoisotopic (exact) mass is 331 g/mol. The predicted molar refractivity (Wildman–Crippen MR) is 81.2 cm³/mol. The Morgan fingerprint density at radius 1 is 1.05 bits per heavy atom. The van der Waals surface area contributed by atoms with Gasteiger partial charge in [-0.25, -0.2) is 0 Å². The van der Waals surface area contributed by atoms with E-state index in [1.807, 2.05) is 24.3 Å². The molecule has 0 N–H and O–H groups in total. The maximum absolute atomic E-state index is 12.1. The fraction of sp³-hybridized carbons (Fsp3) is 0.250. The first-order valence-corrected chi connectivity index (χ1v) is 7.45. The van der Waals surface area contributed by atoms with Crippen LogP contribution in [0.1, 0.15) is 34.5 Å². The largest absolute Gasteiger partial charge is 0.307 e. The Morgan fingerprint density at radius 3 is 2.65 bits per heavy atom. The SMILES string of the molecule is O=C1CCCc2c1ccc(=O)n2Cc1ccccc1Br. The van der Waals surface area contributed by atoms with E-state index >= 15 is 0 Å². The van der Waals surface area contributed by atoms with Crippen molar-refractivity contribution in [3.8, 4) is 0 Å². The van der Waals surface area contributed by atoms with E-state index in [4.69, 9.17) is 0 Å². The van der Waals surface area contributed by atoms with Crippen molar-refractivity contribution in [1.82, 2.24) is 4.57 Å². The van der Waals surface area contributed by atoms with Gasteiger partial charge in [0.1, 0.15) is 0 Å². The molecule has 0 unspecified atom stereocenters.